The van der Waals surface area contributed by atoms with Gasteiger partial charge in [-0.25, -0.2) is 0 Å². The summed E-state index contributed by atoms with van der Waals surface area (Å²) < 4.78 is 6.63. The first-order valence-electron chi connectivity index (χ1n) is 5.49. The molecular weight excluding hydrogens is 268 g/mol. The Morgan fingerprint density at radius 2 is 2.25 bits per heavy atom. The van der Waals surface area contributed by atoms with E-state index in [-0.39, 0.29) is 6.10 Å². The minimum Gasteiger partial charge on any atom is -0.397 e. The lowest BCUT2D eigenvalue weighted by atomic mass is 10.1. The van der Waals surface area contributed by atoms with E-state index in [4.69, 9.17) is 10.5 Å². The molecule has 1 heterocycles. The molecule has 1 fully saturated rings. The number of rotatable bonds is 2. The second-order valence-electron chi connectivity index (χ2n) is 4.25. The molecule has 1 aromatic carbocycles. The second-order valence-corrected chi connectivity index (χ2v) is 5.16. The fraction of sp³-hybridized carbons (Fsp3) is 0.500. The van der Waals surface area contributed by atoms with Crippen LogP contribution in [-0.2, 0) is 4.74 Å². The number of anilines is 2. The highest BCUT2D eigenvalue weighted by Crippen LogP contribution is 2.31. The maximum Gasteiger partial charge on any atom is 0.0750 e. The number of halogens is 1. The third-order valence-corrected chi connectivity index (χ3v) is 3.70. The molecule has 0 amide bonds. The second kappa shape index (κ2) is 4.63. The summed E-state index contributed by atoms with van der Waals surface area (Å²) in [7, 11) is 2.08. The summed E-state index contributed by atoms with van der Waals surface area (Å²) in [6, 6.07) is 6.36. The summed E-state index contributed by atoms with van der Waals surface area (Å²) >= 11 is 3.47. The zero-order valence-corrected chi connectivity index (χ0v) is 11.2. The maximum absolute atomic E-state index is 6.00. The van der Waals surface area contributed by atoms with Crippen LogP contribution in [0.2, 0.25) is 0 Å². The van der Waals surface area contributed by atoms with Crippen molar-refractivity contribution in [2.45, 2.75) is 25.5 Å². The molecule has 0 bridgehead atoms. The Morgan fingerprint density at radius 1 is 1.50 bits per heavy atom. The summed E-state index contributed by atoms with van der Waals surface area (Å²) in [5.41, 5.74) is 7.88. The van der Waals surface area contributed by atoms with Gasteiger partial charge in [-0.15, -0.1) is 0 Å². The van der Waals surface area contributed by atoms with Crippen molar-refractivity contribution in [3.05, 3.63) is 22.7 Å². The Hall–Kier alpha value is -0.740. The Balaban J connectivity index is 2.25. The first kappa shape index (κ1) is 11.7. The van der Waals surface area contributed by atoms with Crippen LogP contribution in [0, 0.1) is 0 Å². The molecular formula is C12H17BrN2O. The van der Waals surface area contributed by atoms with Crippen molar-refractivity contribution < 1.29 is 4.74 Å². The van der Waals surface area contributed by atoms with Gasteiger partial charge in [0, 0.05) is 18.1 Å². The first-order valence-corrected chi connectivity index (χ1v) is 6.28. The Kier molecular flexibility index (Phi) is 3.40. The molecule has 0 aromatic heterocycles. The van der Waals surface area contributed by atoms with E-state index < -0.39 is 0 Å². The SMILES string of the molecule is CC1OCCC1N(C)c1cc(Br)ccc1N. The fourth-order valence-corrected chi connectivity index (χ4v) is 2.58. The molecule has 2 unspecified atom stereocenters. The van der Waals surface area contributed by atoms with Crippen molar-refractivity contribution >= 4 is 27.3 Å². The smallest absolute Gasteiger partial charge is 0.0750 e. The molecule has 0 spiro atoms. The van der Waals surface area contributed by atoms with E-state index >= 15 is 0 Å². The number of nitrogens with zero attached hydrogens (tertiary/aromatic N) is 1. The van der Waals surface area contributed by atoms with Gasteiger partial charge in [-0.2, -0.15) is 0 Å². The van der Waals surface area contributed by atoms with Crippen LogP contribution in [0.25, 0.3) is 0 Å². The highest BCUT2D eigenvalue weighted by atomic mass is 79.9. The summed E-state index contributed by atoms with van der Waals surface area (Å²) in [4.78, 5) is 2.22. The van der Waals surface area contributed by atoms with Gasteiger partial charge in [-0.1, -0.05) is 15.9 Å². The molecule has 3 nitrogen and oxygen atoms in total. The quantitative estimate of drug-likeness (QED) is 0.849. The van der Waals surface area contributed by atoms with Gasteiger partial charge in [-0.3, -0.25) is 0 Å². The van der Waals surface area contributed by atoms with Gasteiger partial charge in [0.25, 0.3) is 0 Å². The lowest BCUT2D eigenvalue weighted by Crippen LogP contribution is -2.37. The predicted molar refractivity (Wildman–Crippen MR) is 70.8 cm³/mol. The van der Waals surface area contributed by atoms with E-state index in [0.29, 0.717) is 6.04 Å². The largest absolute Gasteiger partial charge is 0.397 e. The zero-order chi connectivity index (χ0) is 11.7. The zero-order valence-electron chi connectivity index (χ0n) is 9.61. The van der Waals surface area contributed by atoms with Gasteiger partial charge in [0.2, 0.25) is 0 Å². The molecule has 88 valence electrons. The maximum atomic E-state index is 6.00. The van der Waals surface area contributed by atoms with Gasteiger partial charge in [0.05, 0.1) is 23.5 Å². The number of likely N-dealkylation sites (N-methyl/N-ethyl adjacent to an activating group) is 1. The Morgan fingerprint density at radius 3 is 2.88 bits per heavy atom. The first-order chi connectivity index (χ1) is 7.59. The summed E-state index contributed by atoms with van der Waals surface area (Å²) in [6.07, 6.45) is 1.33. The molecule has 1 aliphatic rings. The van der Waals surface area contributed by atoms with Crippen LogP contribution in [0.3, 0.4) is 0 Å². The monoisotopic (exact) mass is 284 g/mol. The number of ether oxygens (including phenoxy) is 1. The molecule has 0 aliphatic carbocycles. The van der Waals surface area contributed by atoms with Crippen molar-refractivity contribution in [2.75, 3.05) is 24.3 Å². The minimum absolute atomic E-state index is 0.267. The summed E-state index contributed by atoms with van der Waals surface area (Å²) in [5, 5.41) is 0. The fourth-order valence-electron chi connectivity index (χ4n) is 2.23. The van der Waals surface area contributed by atoms with Crippen molar-refractivity contribution in [3.8, 4) is 0 Å². The highest BCUT2D eigenvalue weighted by Gasteiger charge is 2.28. The third-order valence-electron chi connectivity index (χ3n) is 3.21. The normalized spacial score (nSPS) is 24.7. The molecule has 4 heteroatoms. The average Bonchev–Trinajstić information content (AvgIpc) is 2.67. The van der Waals surface area contributed by atoms with Gasteiger partial charge >= 0.3 is 0 Å². The van der Waals surface area contributed by atoms with E-state index in [9.17, 15) is 0 Å². The van der Waals surface area contributed by atoms with E-state index in [1.165, 1.54) is 0 Å². The topological polar surface area (TPSA) is 38.5 Å². The van der Waals surface area contributed by atoms with Gasteiger partial charge in [0.15, 0.2) is 0 Å². The number of hydrogen-bond acceptors (Lipinski definition) is 3. The van der Waals surface area contributed by atoms with Crippen LogP contribution in [-0.4, -0.2) is 25.8 Å². The van der Waals surface area contributed by atoms with E-state index in [1.54, 1.807) is 0 Å². The van der Waals surface area contributed by atoms with Gasteiger partial charge in [0.1, 0.15) is 0 Å². The number of nitrogen functional groups attached to an aromatic ring is 1. The van der Waals surface area contributed by atoms with E-state index in [1.807, 2.05) is 12.1 Å². The molecule has 1 saturated heterocycles. The van der Waals surface area contributed by atoms with Crippen LogP contribution in [0.15, 0.2) is 22.7 Å². The van der Waals surface area contributed by atoms with E-state index in [2.05, 4.69) is 40.9 Å². The Bertz CT molecular complexity index is 383. The Labute approximate surface area is 105 Å². The molecule has 1 aliphatic heterocycles. The number of nitrogens with two attached hydrogens (primary N) is 1. The third kappa shape index (κ3) is 2.18. The summed E-state index contributed by atoms with van der Waals surface area (Å²) in [6.45, 7) is 2.95. The van der Waals surface area contributed by atoms with E-state index in [0.717, 1.165) is 28.9 Å². The summed E-state index contributed by atoms with van der Waals surface area (Å²) in [5.74, 6) is 0. The van der Waals surface area contributed by atoms with Crippen LogP contribution in [0.1, 0.15) is 13.3 Å². The molecule has 16 heavy (non-hydrogen) atoms. The number of benzene rings is 1. The molecule has 0 radical (unpaired) electrons. The van der Waals surface area contributed by atoms with Crippen molar-refractivity contribution in [1.29, 1.82) is 0 Å². The van der Waals surface area contributed by atoms with Crippen LogP contribution in [0.4, 0.5) is 11.4 Å². The van der Waals surface area contributed by atoms with Crippen LogP contribution < -0.4 is 10.6 Å². The lowest BCUT2D eigenvalue weighted by molar-refractivity contribution is 0.118. The van der Waals surface area contributed by atoms with Crippen molar-refractivity contribution in [3.63, 3.8) is 0 Å². The van der Waals surface area contributed by atoms with Gasteiger partial charge in [-0.05, 0) is 31.5 Å². The predicted octanol–water partition coefficient (Wildman–Crippen LogP) is 2.64. The standard InChI is InChI=1S/C12H17BrN2O/c1-8-11(5-6-16-8)15(2)12-7-9(13)3-4-10(12)14/h3-4,7-8,11H,5-6,14H2,1-2H3. The van der Waals surface area contributed by atoms with Crippen molar-refractivity contribution in [2.24, 2.45) is 0 Å². The molecule has 2 atom stereocenters. The highest BCUT2D eigenvalue weighted by molar-refractivity contribution is 9.10. The molecule has 2 rings (SSSR count). The molecule has 1 aromatic rings. The number of hydrogen-bond donors (Lipinski definition) is 1. The minimum atomic E-state index is 0.267. The molecule has 2 N–H and O–H groups in total. The lowest BCUT2D eigenvalue weighted by Gasteiger charge is -2.29. The van der Waals surface area contributed by atoms with Crippen LogP contribution in [0.5, 0.6) is 0 Å². The average molecular weight is 285 g/mol. The molecule has 0 saturated carbocycles. The van der Waals surface area contributed by atoms with Crippen LogP contribution >= 0.6 is 15.9 Å². The van der Waals surface area contributed by atoms with Gasteiger partial charge < -0.3 is 15.4 Å². The van der Waals surface area contributed by atoms with Crippen molar-refractivity contribution in [1.82, 2.24) is 0 Å².